The van der Waals surface area contributed by atoms with Crippen molar-refractivity contribution in [2.45, 2.75) is 52.6 Å². The lowest BCUT2D eigenvalue weighted by atomic mass is 9.85. The normalized spacial score (nSPS) is 18.6. The van der Waals surface area contributed by atoms with Crippen LogP contribution in [0.2, 0.25) is 0 Å². The molecule has 0 amide bonds. The molecule has 1 aliphatic rings. The standard InChI is InChI=1S/C8H11F3O2.C4H10/c1-13-6(12)7(8(9,10)11)4-2-3-5-7;1-4(2)3/h2-5H2,1H3;4H,1-3H3. The van der Waals surface area contributed by atoms with Gasteiger partial charge in [0.25, 0.3) is 0 Å². The number of methoxy groups -OCH3 is 1. The minimum absolute atomic E-state index is 0.136. The predicted octanol–water partition coefficient (Wildman–Crippen LogP) is 3.94. The molecule has 1 rings (SSSR count). The Morgan fingerprint density at radius 3 is 1.76 bits per heavy atom. The first-order chi connectivity index (χ1) is 7.67. The van der Waals surface area contributed by atoms with Gasteiger partial charge in [-0.25, -0.2) is 0 Å². The monoisotopic (exact) mass is 254 g/mol. The summed E-state index contributed by atoms with van der Waals surface area (Å²) in [6.45, 7) is 6.50. The maximum Gasteiger partial charge on any atom is 0.404 e. The number of carbonyl (C=O) groups is 1. The Morgan fingerprint density at radius 2 is 1.53 bits per heavy atom. The van der Waals surface area contributed by atoms with Crippen molar-refractivity contribution >= 4 is 5.97 Å². The predicted molar refractivity (Wildman–Crippen MR) is 59.5 cm³/mol. The van der Waals surface area contributed by atoms with Crippen LogP contribution in [0.25, 0.3) is 0 Å². The van der Waals surface area contributed by atoms with Crippen molar-refractivity contribution in [1.29, 1.82) is 0 Å². The van der Waals surface area contributed by atoms with Gasteiger partial charge >= 0.3 is 12.1 Å². The van der Waals surface area contributed by atoms with Crippen molar-refractivity contribution in [1.82, 2.24) is 0 Å². The average Bonchev–Trinajstić information content (AvgIpc) is 2.64. The molecule has 5 heteroatoms. The van der Waals surface area contributed by atoms with E-state index in [1.54, 1.807) is 0 Å². The highest BCUT2D eigenvalue weighted by Crippen LogP contribution is 2.51. The first-order valence-electron chi connectivity index (χ1n) is 5.82. The first kappa shape index (κ1) is 16.3. The molecule has 17 heavy (non-hydrogen) atoms. The Bertz CT molecular complexity index is 238. The van der Waals surface area contributed by atoms with E-state index in [1.807, 2.05) is 0 Å². The van der Waals surface area contributed by atoms with Crippen molar-refractivity contribution in [2.24, 2.45) is 11.3 Å². The second-order valence-corrected chi connectivity index (χ2v) is 5.01. The highest BCUT2D eigenvalue weighted by molar-refractivity contribution is 5.78. The molecule has 0 N–H and O–H groups in total. The molecule has 0 aromatic heterocycles. The molecule has 2 nitrogen and oxygen atoms in total. The lowest BCUT2D eigenvalue weighted by molar-refractivity contribution is -0.231. The summed E-state index contributed by atoms with van der Waals surface area (Å²) in [5.74, 6) is -0.308. The topological polar surface area (TPSA) is 26.3 Å². The van der Waals surface area contributed by atoms with E-state index in [2.05, 4.69) is 25.5 Å². The molecule has 0 radical (unpaired) electrons. The molecule has 0 atom stereocenters. The Labute approximate surface area is 101 Å². The van der Waals surface area contributed by atoms with Gasteiger partial charge in [-0.1, -0.05) is 33.6 Å². The van der Waals surface area contributed by atoms with Crippen LogP contribution in [0.5, 0.6) is 0 Å². The number of rotatable bonds is 1. The molecule has 0 aliphatic heterocycles. The molecule has 1 saturated carbocycles. The van der Waals surface area contributed by atoms with E-state index in [1.165, 1.54) is 0 Å². The van der Waals surface area contributed by atoms with E-state index in [4.69, 9.17) is 0 Å². The zero-order valence-electron chi connectivity index (χ0n) is 10.9. The summed E-state index contributed by atoms with van der Waals surface area (Å²) >= 11 is 0. The van der Waals surface area contributed by atoms with Gasteiger partial charge in [0.15, 0.2) is 5.41 Å². The van der Waals surface area contributed by atoms with Crippen molar-refractivity contribution < 1.29 is 22.7 Å². The SMILES string of the molecule is CC(C)C.COC(=O)C1(C(F)(F)F)CCCC1. The fourth-order valence-electron chi connectivity index (χ4n) is 1.78. The smallest absolute Gasteiger partial charge is 0.404 e. The van der Waals surface area contributed by atoms with Gasteiger partial charge < -0.3 is 4.74 Å². The molecule has 1 fully saturated rings. The summed E-state index contributed by atoms with van der Waals surface area (Å²) in [5, 5.41) is 0. The summed E-state index contributed by atoms with van der Waals surface area (Å²) in [6.07, 6.45) is -3.87. The van der Waals surface area contributed by atoms with Crippen LogP contribution < -0.4 is 0 Å². The minimum Gasteiger partial charge on any atom is -0.468 e. The lowest BCUT2D eigenvalue weighted by Gasteiger charge is -2.28. The van der Waals surface area contributed by atoms with Gasteiger partial charge in [0, 0.05) is 0 Å². The van der Waals surface area contributed by atoms with E-state index in [9.17, 15) is 18.0 Å². The minimum atomic E-state index is -4.48. The van der Waals surface area contributed by atoms with E-state index >= 15 is 0 Å². The Hall–Kier alpha value is -0.740. The van der Waals surface area contributed by atoms with Crippen LogP contribution in [-0.4, -0.2) is 19.3 Å². The van der Waals surface area contributed by atoms with Crippen LogP contribution in [0.3, 0.4) is 0 Å². The summed E-state index contributed by atoms with van der Waals surface area (Å²) < 4.78 is 41.9. The number of halogens is 3. The van der Waals surface area contributed by atoms with Gasteiger partial charge in [-0.15, -0.1) is 0 Å². The summed E-state index contributed by atoms with van der Waals surface area (Å²) in [5.41, 5.74) is -2.22. The largest absolute Gasteiger partial charge is 0.468 e. The van der Waals surface area contributed by atoms with Gasteiger partial charge in [-0.05, 0) is 18.8 Å². The molecule has 0 unspecified atom stereocenters. The molecule has 0 saturated heterocycles. The Kier molecular flexibility index (Phi) is 5.99. The molecule has 0 heterocycles. The van der Waals surface area contributed by atoms with Crippen molar-refractivity contribution in [3.63, 3.8) is 0 Å². The van der Waals surface area contributed by atoms with Crippen LogP contribution in [0.15, 0.2) is 0 Å². The number of hydrogen-bond donors (Lipinski definition) is 0. The van der Waals surface area contributed by atoms with Gasteiger partial charge in [-0.2, -0.15) is 13.2 Å². The first-order valence-corrected chi connectivity index (χ1v) is 5.82. The van der Waals surface area contributed by atoms with E-state index in [0.29, 0.717) is 12.8 Å². The van der Waals surface area contributed by atoms with Crippen molar-refractivity contribution in [2.75, 3.05) is 7.11 Å². The molecular weight excluding hydrogens is 233 g/mol. The maximum atomic E-state index is 12.6. The highest BCUT2D eigenvalue weighted by Gasteiger charge is 2.61. The third-order valence-corrected chi connectivity index (χ3v) is 2.58. The fraction of sp³-hybridized carbons (Fsp3) is 0.917. The zero-order chi connectivity index (χ0) is 13.7. The summed E-state index contributed by atoms with van der Waals surface area (Å²) in [6, 6.07) is 0. The van der Waals surface area contributed by atoms with Gasteiger partial charge in [0.1, 0.15) is 0 Å². The van der Waals surface area contributed by atoms with Crippen LogP contribution in [-0.2, 0) is 9.53 Å². The lowest BCUT2D eigenvalue weighted by Crippen LogP contribution is -2.43. The van der Waals surface area contributed by atoms with Crippen molar-refractivity contribution in [3.05, 3.63) is 0 Å². The molecule has 1 aliphatic carbocycles. The van der Waals surface area contributed by atoms with Crippen LogP contribution >= 0.6 is 0 Å². The average molecular weight is 254 g/mol. The number of esters is 1. The van der Waals surface area contributed by atoms with Gasteiger partial charge in [0.2, 0.25) is 0 Å². The molecule has 102 valence electrons. The molecule has 0 spiro atoms. The van der Waals surface area contributed by atoms with Crippen LogP contribution in [0.1, 0.15) is 46.5 Å². The number of alkyl halides is 3. The zero-order valence-corrected chi connectivity index (χ0v) is 10.9. The molecular formula is C12H21F3O2. The Balaban J connectivity index is 0.000000557. The maximum absolute atomic E-state index is 12.6. The number of ether oxygens (including phenoxy) is 1. The number of carbonyl (C=O) groups excluding carboxylic acids is 1. The molecule has 0 aromatic carbocycles. The number of hydrogen-bond acceptors (Lipinski definition) is 2. The van der Waals surface area contributed by atoms with E-state index < -0.39 is 17.6 Å². The van der Waals surface area contributed by atoms with E-state index in [-0.39, 0.29) is 12.8 Å². The van der Waals surface area contributed by atoms with E-state index in [0.717, 1.165) is 13.0 Å². The van der Waals surface area contributed by atoms with Crippen molar-refractivity contribution in [3.8, 4) is 0 Å². The molecule has 0 bridgehead atoms. The fourth-order valence-corrected chi connectivity index (χ4v) is 1.78. The second-order valence-electron chi connectivity index (χ2n) is 5.01. The van der Waals surface area contributed by atoms with Gasteiger partial charge in [0.05, 0.1) is 7.11 Å². The quantitative estimate of drug-likeness (QED) is 0.662. The van der Waals surface area contributed by atoms with Crippen LogP contribution in [0.4, 0.5) is 13.2 Å². The molecule has 0 aromatic rings. The van der Waals surface area contributed by atoms with Crippen LogP contribution in [0, 0.1) is 11.3 Å². The highest BCUT2D eigenvalue weighted by atomic mass is 19.4. The third-order valence-electron chi connectivity index (χ3n) is 2.58. The summed E-state index contributed by atoms with van der Waals surface area (Å²) in [7, 11) is 0.994. The Morgan fingerprint density at radius 1 is 1.18 bits per heavy atom. The summed E-state index contributed by atoms with van der Waals surface area (Å²) in [4.78, 5) is 11.0. The third kappa shape index (κ3) is 4.21. The van der Waals surface area contributed by atoms with Gasteiger partial charge in [-0.3, -0.25) is 4.79 Å². The second kappa shape index (κ2) is 6.26.